The minimum atomic E-state index is -0.890. The molecule has 1 aliphatic carbocycles. The highest BCUT2D eigenvalue weighted by Gasteiger charge is 2.57. The standard InChI is InChI=1S/C24H26N2O2/c1-16-5-3-8-21-20(16)11-17-13-24(28)15-26(2)10-9-23(24,14-22(17)25-21)18-6-4-7-19(27)12-18/h3-8,11-12,27-28H,9-10,13-15H2,1-2H3/t23-,24-/m0/s1. The largest absolute Gasteiger partial charge is 0.508 e. The van der Waals surface area contributed by atoms with E-state index in [0.29, 0.717) is 19.4 Å². The molecule has 0 saturated carbocycles. The minimum absolute atomic E-state index is 0.251. The zero-order valence-electron chi connectivity index (χ0n) is 16.4. The van der Waals surface area contributed by atoms with Crippen molar-refractivity contribution in [2.75, 3.05) is 20.1 Å². The van der Waals surface area contributed by atoms with Gasteiger partial charge in [0.2, 0.25) is 0 Å². The molecule has 5 rings (SSSR count). The Balaban J connectivity index is 1.72. The molecule has 4 nitrogen and oxygen atoms in total. The number of pyridine rings is 1. The van der Waals surface area contributed by atoms with Crippen LogP contribution < -0.4 is 0 Å². The van der Waals surface area contributed by atoms with E-state index in [-0.39, 0.29) is 5.75 Å². The van der Waals surface area contributed by atoms with Crippen LogP contribution >= 0.6 is 0 Å². The van der Waals surface area contributed by atoms with Crippen molar-refractivity contribution in [2.24, 2.45) is 0 Å². The number of likely N-dealkylation sites (tertiary alicyclic amines) is 1. The second kappa shape index (κ2) is 6.03. The molecule has 3 aromatic rings. The van der Waals surface area contributed by atoms with E-state index in [9.17, 15) is 10.2 Å². The molecule has 1 aromatic heterocycles. The lowest BCUT2D eigenvalue weighted by atomic mass is 9.56. The van der Waals surface area contributed by atoms with Gasteiger partial charge in [0, 0.05) is 35.9 Å². The number of aliphatic hydroxyl groups is 1. The molecule has 1 saturated heterocycles. The van der Waals surface area contributed by atoms with E-state index in [1.807, 2.05) is 18.2 Å². The van der Waals surface area contributed by atoms with Gasteiger partial charge in [-0.1, -0.05) is 24.3 Å². The Labute approximate surface area is 165 Å². The maximum absolute atomic E-state index is 12.0. The fourth-order valence-electron chi connectivity index (χ4n) is 5.42. The highest BCUT2D eigenvalue weighted by atomic mass is 16.3. The number of hydrogen-bond donors (Lipinski definition) is 2. The SMILES string of the molecule is Cc1cccc2nc3c(cc12)C[C@]1(O)CN(C)CC[C@@]1(c1cccc(O)c1)C3. The number of aromatic hydroxyl groups is 1. The third kappa shape index (κ3) is 2.48. The number of piperidine rings is 1. The molecular formula is C24H26N2O2. The van der Waals surface area contributed by atoms with Gasteiger partial charge in [0.25, 0.3) is 0 Å². The molecule has 28 heavy (non-hydrogen) atoms. The lowest BCUT2D eigenvalue weighted by Gasteiger charge is -2.56. The maximum atomic E-state index is 12.0. The molecule has 0 radical (unpaired) electrons. The van der Waals surface area contributed by atoms with Gasteiger partial charge < -0.3 is 15.1 Å². The Morgan fingerprint density at radius 3 is 2.71 bits per heavy atom. The van der Waals surface area contributed by atoms with Crippen LogP contribution in [0.3, 0.4) is 0 Å². The fourth-order valence-corrected chi connectivity index (χ4v) is 5.42. The summed E-state index contributed by atoms with van der Waals surface area (Å²) in [7, 11) is 2.07. The zero-order chi connectivity index (χ0) is 19.5. The quantitative estimate of drug-likeness (QED) is 0.686. The molecule has 2 aliphatic rings. The number of phenolic OH excluding ortho intramolecular Hbond substituents is 1. The summed E-state index contributed by atoms with van der Waals surface area (Å²) in [4.78, 5) is 7.24. The van der Waals surface area contributed by atoms with Crippen molar-refractivity contribution in [1.29, 1.82) is 0 Å². The van der Waals surface area contributed by atoms with Crippen molar-refractivity contribution in [3.8, 4) is 5.75 Å². The van der Waals surface area contributed by atoms with E-state index in [1.54, 1.807) is 6.07 Å². The molecule has 0 bridgehead atoms. The van der Waals surface area contributed by atoms with Crippen LogP contribution in [0.5, 0.6) is 5.75 Å². The van der Waals surface area contributed by atoms with Gasteiger partial charge in [-0.25, -0.2) is 0 Å². The van der Waals surface area contributed by atoms with Crippen molar-refractivity contribution in [1.82, 2.24) is 9.88 Å². The van der Waals surface area contributed by atoms with Crippen LogP contribution in [0.4, 0.5) is 0 Å². The van der Waals surface area contributed by atoms with Crippen LogP contribution in [-0.4, -0.2) is 45.8 Å². The molecule has 2 aromatic carbocycles. The molecule has 4 heteroatoms. The number of β-amino-alcohol motifs (C(OH)–C–C–N with tert-alkyl or cyclic N) is 1. The average molecular weight is 374 g/mol. The van der Waals surface area contributed by atoms with Crippen LogP contribution in [0.1, 0.15) is 28.8 Å². The lowest BCUT2D eigenvalue weighted by Crippen LogP contribution is -2.66. The Hall–Kier alpha value is -2.43. The van der Waals surface area contributed by atoms with Crippen molar-refractivity contribution in [2.45, 2.75) is 37.2 Å². The molecule has 1 aliphatic heterocycles. The van der Waals surface area contributed by atoms with Gasteiger partial charge in [-0.05, 0) is 67.9 Å². The van der Waals surface area contributed by atoms with Gasteiger partial charge >= 0.3 is 0 Å². The highest BCUT2D eigenvalue weighted by molar-refractivity contribution is 5.83. The van der Waals surface area contributed by atoms with E-state index in [2.05, 4.69) is 43.1 Å². The summed E-state index contributed by atoms with van der Waals surface area (Å²) in [6.07, 6.45) is 2.12. The number of aromatic nitrogens is 1. The van der Waals surface area contributed by atoms with Crippen LogP contribution in [0.15, 0.2) is 48.5 Å². The second-order valence-electron chi connectivity index (χ2n) is 8.74. The number of rotatable bonds is 1. The topological polar surface area (TPSA) is 56.6 Å². The van der Waals surface area contributed by atoms with Crippen LogP contribution in [0.2, 0.25) is 0 Å². The summed E-state index contributed by atoms with van der Waals surface area (Å²) in [6.45, 7) is 3.65. The van der Waals surface area contributed by atoms with Crippen LogP contribution in [0, 0.1) is 6.92 Å². The molecular weight excluding hydrogens is 348 g/mol. The lowest BCUT2D eigenvalue weighted by molar-refractivity contribution is -0.0976. The van der Waals surface area contributed by atoms with Gasteiger partial charge in [0.05, 0.1) is 11.1 Å². The van der Waals surface area contributed by atoms with Crippen LogP contribution in [0.25, 0.3) is 10.9 Å². The normalized spacial score (nSPS) is 27.4. The van der Waals surface area contributed by atoms with Gasteiger partial charge in [0.15, 0.2) is 0 Å². The monoisotopic (exact) mass is 374 g/mol. The van der Waals surface area contributed by atoms with Crippen LogP contribution in [-0.2, 0) is 18.3 Å². The number of phenols is 1. The molecule has 144 valence electrons. The van der Waals surface area contributed by atoms with Gasteiger partial charge in [0.1, 0.15) is 5.75 Å². The summed E-state index contributed by atoms with van der Waals surface area (Å²) in [5.74, 6) is 0.251. The first-order valence-corrected chi connectivity index (χ1v) is 9.99. The number of fused-ring (bicyclic) bond motifs is 3. The van der Waals surface area contributed by atoms with E-state index in [0.717, 1.165) is 35.3 Å². The second-order valence-corrected chi connectivity index (χ2v) is 8.74. The number of nitrogens with zero attached hydrogens (tertiary/aromatic N) is 2. The van der Waals surface area contributed by atoms with Gasteiger partial charge in [-0.3, -0.25) is 4.98 Å². The average Bonchev–Trinajstić information content (AvgIpc) is 2.65. The van der Waals surface area contributed by atoms with Crippen molar-refractivity contribution in [3.05, 3.63) is 70.9 Å². The van der Waals surface area contributed by atoms with Crippen molar-refractivity contribution in [3.63, 3.8) is 0 Å². The van der Waals surface area contributed by atoms with E-state index >= 15 is 0 Å². The molecule has 0 spiro atoms. The Morgan fingerprint density at radius 2 is 1.89 bits per heavy atom. The zero-order valence-corrected chi connectivity index (χ0v) is 16.4. The predicted molar refractivity (Wildman–Crippen MR) is 111 cm³/mol. The van der Waals surface area contributed by atoms with Gasteiger partial charge in [-0.15, -0.1) is 0 Å². The smallest absolute Gasteiger partial charge is 0.115 e. The third-order valence-corrected chi connectivity index (χ3v) is 6.94. The summed E-state index contributed by atoms with van der Waals surface area (Å²) in [6, 6.07) is 15.9. The molecule has 2 atom stereocenters. The first kappa shape index (κ1) is 17.7. The maximum Gasteiger partial charge on any atom is 0.115 e. The molecule has 0 unspecified atom stereocenters. The van der Waals surface area contributed by atoms with E-state index in [1.165, 1.54) is 10.9 Å². The molecule has 2 N–H and O–H groups in total. The summed E-state index contributed by atoms with van der Waals surface area (Å²) >= 11 is 0. The first-order chi connectivity index (χ1) is 13.4. The summed E-state index contributed by atoms with van der Waals surface area (Å²) in [5.41, 5.74) is 4.15. The summed E-state index contributed by atoms with van der Waals surface area (Å²) < 4.78 is 0. The van der Waals surface area contributed by atoms with Crippen molar-refractivity contribution < 1.29 is 10.2 Å². The minimum Gasteiger partial charge on any atom is -0.508 e. The Morgan fingerprint density at radius 1 is 1.07 bits per heavy atom. The molecule has 0 amide bonds. The Bertz CT molecular complexity index is 1080. The summed E-state index contributed by atoms with van der Waals surface area (Å²) in [5, 5.41) is 23.3. The predicted octanol–water partition coefficient (Wildman–Crippen LogP) is 3.35. The molecule has 2 heterocycles. The number of benzene rings is 2. The third-order valence-electron chi connectivity index (χ3n) is 6.94. The van der Waals surface area contributed by atoms with Crippen molar-refractivity contribution >= 4 is 10.9 Å². The number of aryl methyl sites for hydroxylation is 1. The number of hydrogen-bond acceptors (Lipinski definition) is 4. The Kier molecular flexibility index (Phi) is 3.80. The van der Waals surface area contributed by atoms with Gasteiger partial charge in [-0.2, -0.15) is 0 Å². The highest BCUT2D eigenvalue weighted by Crippen LogP contribution is 2.50. The van der Waals surface area contributed by atoms with E-state index in [4.69, 9.17) is 4.98 Å². The van der Waals surface area contributed by atoms with E-state index < -0.39 is 11.0 Å². The number of likely N-dealkylation sites (N-methyl/N-ethyl adjacent to an activating group) is 1. The molecule has 1 fully saturated rings. The first-order valence-electron chi connectivity index (χ1n) is 9.99. The fraction of sp³-hybridized carbons (Fsp3) is 0.375.